The van der Waals surface area contributed by atoms with Crippen LogP contribution in [0.1, 0.15) is 45.4 Å². The second-order valence-electron chi connectivity index (χ2n) is 6.43. The van der Waals surface area contributed by atoms with E-state index in [1.165, 1.54) is 12.8 Å². The van der Waals surface area contributed by atoms with E-state index in [0.717, 1.165) is 43.6 Å². The molecule has 1 aromatic carbocycles. The van der Waals surface area contributed by atoms with Crippen LogP contribution < -0.4 is 15.5 Å². The smallest absolute Gasteiger partial charge is 0.319 e. The third-order valence-electron chi connectivity index (χ3n) is 4.44. The number of aliphatic hydroxyl groups excluding tert-OH is 1. The Kier molecular flexibility index (Phi) is 6.71. The van der Waals surface area contributed by atoms with Crippen LogP contribution in [0.2, 0.25) is 0 Å². The molecule has 0 aromatic heterocycles. The van der Waals surface area contributed by atoms with Crippen molar-refractivity contribution in [3.05, 3.63) is 24.3 Å². The molecule has 0 radical (unpaired) electrons. The number of nitrogens with one attached hydrogen (secondary N) is 2. The molecule has 1 saturated carbocycles. The van der Waals surface area contributed by atoms with Crippen molar-refractivity contribution in [2.75, 3.05) is 23.8 Å². The van der Waals surface area contributed by atoms with E-state index in [-0.39, 0.29) is 18.2 Å². The van der Waals surface area contributed by atoms with E-state index < -0.39 is 0 Å². The van der Waals surface area contributed by atoms with Gasteiger partial charge in [-0.1, -0.05) is 13.3 Å². The maximum atomic E-state index is 12.0. The third kappa shape index (κ3) is 5.75. The first kappa shape index (κ1) is 17.6. The van der Waals surface area contributed by atoms with Crippen molar-refractivity contribution in [1.29, 1.82) is 0 Å². The number of benzene rings is 1. The van der Waals surface area contributed by atoms with Gasteiger partial charge in [0.15, 0.2) is 0 Å². The fraction of sp³-hybridized carbons (Fsp3) is 0.611. The fourth-order valence-electron chi connectivity index (χ4n) is 2.90. The summed E-state index contributed by atoms with van der Waals surface area (Å²) in [4.78, 5) is 14.3. The highest BCUT2D eigenvalue weighted by molar-refractivity contribution is 5.89. The lowest BCUT2D eigenvalue weighted by atomic mass is 9.93. The van der Waals surface area contributed by atoms with E-state index in [2.05, 4.69) is 29.5 Å². The largest absolute Gasteiger partial charge is 0.393 e. The Hall–Kier alpha value is -1.75. The second-order valence-corrected chi connectivity index (χ2v) is 6.43. The molecule has 0 aliphatic heterocycles. The van der Waals surface area contributed by atoms with Gasteiger partial charge in [-0.15, -0.1) is 0 Å². The number of anilines is 2. The van der Waals surface area contributed by atoms with Crippen molar-refractivity contribution in [1.82, 2.24) is 5.32 Å². The van der Waals surface area contributed by atoms with Crippen LogP contribution in [0, 0.1) is 0 Å². The monoisotopic (exact) mass is 319 g/mol. The van der Waals surface area contributed by atoms with Crippen LogP contribution in [0.15, 0.2) is 24.3 Å². The number of rotatable bonds is 6. The summed E-state index contributed by atoms with van der Waals surface area (Å²) in [7, 11) is 2.09. The molecule has 1 fully saturated rings. The van der Waals surface area contributed by atoms with E-state index in [4.69, 9.17) is 0 Å². The number of hydrogen-bond donors (Lipinski definition) is 3. The van der Waals surface area contributed by atoms with Crippen LogP contribution in [0.4, 0.5) is 16.2 Å². The summed E-state index contributed by atoms with van der Waals surface area (Å²) in [5.74, 6) is 0. The lowest BCUT2D eigenvalue weighted by molar-refractivity contribution is 0.118. The normalized spacial score (nSPS) is 20.8. The lowest BCUT2D eigenvalue weighted by Crippen LogP contribution is -2.40. The number of urea groups is 1. The molecule has 0 spiro atoms. The third-order valence-corrected chi connectivity index (χ3v) is 4.44. The molecule has 0 unspecified atom stereocenters. The number of amides is 2. The van der Waals surface area contributed by atoms with Gasteiger partial charge in [0.2, 0.25) is 0 Å². The molecule has 5 nitrogen and oxygen atoms in total. The molecule has 5 heteroatoms. The molecule has 128 valence electrons. The average molecular weight is 319 g/mol. The Morgan fingerprint density at radius 2 is 1.87 bits per heavy atom. The molecular weight excluding hydrogens is 290 g/mol. The van der Waals surface area contributed by atoms with Gasteiger partial charge in [-0.3, -0.25) is 0 Å². The van der Waals surface area contributed by atoms with Gasteiger partial charge in [0, 0.05) is 31.0 Å². The Morgan fingerprint density at radius 1 is 1.22 bits per heavy atom. The SMILES string of the molecule is CCCCN(C)c1ccc(NC(=O)NC2CCC(O)CC2)cc1. The zero-order valence-corrected chi connectivity index (χ0v) is 14.2. The van der Waals surface area contributed by atoms with E-state index in [0.29, 0.717) is 0 Å². The highest BCUT2D eigenvalue weighted by atomic mass is 16.3. The lowest BCUT2D eigenvalue weighted by Gasteiger charge is -2.26. The zero-order chi connectivity index (χ0) is 16.7. The molecule has 3 N–H and O–H groups in total. The Bertz CT molecular complexity index is 482. The van der Waals surface area contributed by atoms with Gasteiger partial charge in [0.25, 0.3) is 0 Å². The van der Waals surface area contributed by atoms with Gasteiger partial charge < -0.3 is 20.6 Å². The predicted molar refractivity (Wildman–Crippen MR) is 95.0 cm³/mol. The topological polar surface area (TPSA) is 64.6 Å². The predicted octanol–water partition coefficient (Wildman–Crippen LogP) is 3.35. The highest BCUT2D eigenvalue weighted by Crippen LogP contribution is 2.19. The molecule has 2 amide bonds. The zero-order valence-electron chi connectivity index (χ0n) is 14.2. The summed E-state index contributed by atoms with van der Waals surface area (Å²) in [6.45, 7) is 3.23. The molecule has 0 heterocycles. The maximum Gasteiger partial charge on any atom is 0.319 e. The van der Waals surface area contributed by atoms with Gasteiger partial charge >= 0.3 is 6.03 Å². The summed E-state index contributed by atoms with van der Waals surface area (Å²) >= 11 is 0. The van der Waals surface area contributed by atoms with Gasteiger partial charge in [-0.05, 0) is 56.4 Å². The van der Waals surface area contributed by atoms with E-state index in [1.807, 2.05) is 24.3 Å². The fourth-order valence-corrected chi connectivity index (χ4v) is 2.90. The van der Waals surface area contributed by atoms with Crippen LogP contribution in [0.25, 0.3) is 0 Å². The van der Waals surface area contributed by atoms with Crippen molar-refractivity contribution >= 4 is 17.4 Å². The second kappa shape index (κ2) is 8.77. The Morgan fingerprint density at radius 3 is 2.48 bits per heavy atom. The Balaban J connectivity index is 1.79. The maximum absolute atomic E-state index is 12.0. The molecule has 23 heavy (non-hydrogen) atoms. The van der Waals surface area contributed by atoms with Crippen molar-refractivity contribution in [2.45, 2.75) is 57.6 Å². The minimum Gasteiger partial charge on any atom is -0.393 e. The quantitative estimate of drug-likeness (QED) is 0.753. The summed E-state index contributed by atoms with van der Waals surface area (Å²) in [5.41, 5.74) is 1.96. The van der Waals surface area contributed by atoms with Crippen molar-refractivity contribution in [2.24, 2.45) is 0 Å². The number of carbonyl (C=O) groups is 1. The number of nitrogens with zero attached hydrogens (tertiary/aromatic N) is 1. The minimum atomic E-state index is -0.201. The van der Waals surface area contributed by atoms with E-state index >= 15 is 0 Å². The Labute approximate surface area is 139 Å². The van der Waals surface area contributed by atoms with Crippen LogP contribution in [0.3, 0.4) is 0 Å². The number of hydrogen-bond acceptors (Lipinski definition) is 3. The minimum absolute atomic E-state index is 0.165. The first-order valence-corrected chi connectivity index (χ1v) is 8.65. The number of unbranched alkanes of at least 4 members (excludes halogenated alkanes) is 1. The first-order valence-electron chi connectivity index (χ1n) is 8.65. The molecule has 1 aromatic rings. The summed E-state index contributed by atoms with van der Waals surface area (Å²) < 4.78 is 0. The van der Waals surface area contributed by atoms with E-state index in [1.54, 1.807) is 0 Å². The molecule has 0 saturated heterocycles. The van der Waals surface area contributed by atoms with Crippen LogP contribution in [-0.2, 0) is 0 Å². The summed E-state index contributed by atoms with van der Waals surface area (Å²) in [6, 6.07) is 7.92. The van der Waals surface area contributed by atoms with Gasteiger partial charge in [0.1, 0.15) is 0 Å². The molecule has 2 rings (SSSR count). The van der Waals surface area contributed by atoms with Crippen molar-refractivity contribution < 1.29 is 9.90 Å². The molecule has 0 bridgehead atoms. The number of aliphatic hydroxyl groups is 1. The van der Waals surface area contributed by atoms with Crippen LogP contribution in [-0.4, -0.2) is 36.9 Å². The number of carbonyl (C=O) groups excluding carboxylic acids is 1. The van der Waals surface area contributed by atoms with Crippen LogP contribution >= 0.6 is 0 Å². The summed E-state index contributed by atoms with van der Waals surface area (Å²) in [6.07, 6.45) is 5.38. The first-order chi connectivity index (χ1) is 11.1. The molecular formula is C18H29N3O2. The highest BCUT2D eigenvalue weighted by Gasteiger charge is 2.20. The van der Waals surface area contributed by atoms with E-state index in [9.17, 15) is 9.90 Å². The molecule has 1 aliphatic rings. The average Bonchev–Trinajstić information content (AvgIpc) is 2.55. The molecule has 1 aliphatic carbocycles. The van der Waals surface area contributed by atoms with Gasteiger partial charge in [-0.25, -0.2) is 4.79 Å². The van der Waals surface area contributed by atoms with Gasteiger partial charge in [-0.2, -0.15) is 0 Å². The van der Waals surface area contributed by atoms with Crippen LogP contribution in [0.5, 0.6) is 0 Å². The van der Waals surface area contributed by atoms with Gasteiger partial charge in [0.05, 0.1) is 6.10 Å². The summed E-state index contributed by atoms with van der Waals surface area (Å²) in [5, 5.41) is 15.3. The van der Waals surface area contributed by atoms with Crippen molar-refractivity contribution in [3.8, 4) is 0 Å². The standard InChI is InChI=1S/C18H29N3O2/c1-3-4-13-21(2)16-9-5-14(6-10-16)19-18(23)20-15-7-11-17(22)12-8-15/h5-6,9-10,15,17,22H,3-4,7-8,11-13H2,1-2H3,(H2,19,20,23). The molecule has 0 atom stereocenters. The van der Waals surface area contributed by atoms with Crippen molar-refractivity contribution in [3.63, 3.8) is 0 Å².